The van der Waals surface area contributed by atoms with Gasteiger partial charge in [0.25, 0.3) is 5.60 Å². The number of phenolic OH excluding ortho intramolecular Hbond substituents is 2. The van der Waals surface area contributed by atoms with Gasteiger partial charge in [0, 0.05) is 17.0 Å². The lowest BCUT2D eigenvalue weighted by molar-refractivity contribution is -0.192. The van der Waals surface area contributed by atoms with Gasteiger partial charge in [0.05, 0.1) is 20.0 Å². The van der Waals surface area contributed by atoms with Gasteiger partial charge >= 0.3 is 17.9 Å². The molecule has 14 nitrogen and oxygen atoms in total. The number of phenols is 2. The molecule has 4 N–H and O–H groups in total. The SMILES string of the molecule is COC(=O)[C@]1([C@H]2OC(=O)C[C@@H]2C)CC(=O)c2c(ccc(-c3ccc4c(c3O)C(=O)[C@]3(O)[C@H]5C[C@@H](C)[C@H](O)[C@]3(O4)C(=O)O5)c2O)O1. The van der Waals surface area contributed by atoms with E-state index >= 15 is 0 Å². The second-order valence-electron chi connectivity index (χ2n) is 12.3. The zero-order valence-corrected chi connectivity index (χ0v) is 24.2. The van der Waals surface area contributed by atoms with Crippen LogP contribution in [0.4, 0.5) is 0 Å². The number of ketones is 2. The number of benzene rings is 2. The zero-order chi connectivity index (χ0) is 32.4. The van der Waals surface area contributed by atoms with Crippen LogP contribution in [-0.4, -0.2) is 92.1 Å². The Morgan fingerprint density at radius 3 is 2.13 bits per heavy atom. The van der Waals surface area contributed by atoms with Crippen molar-refractivity contribution in [3.63, 3.8) is 0 Å². The minimum Gasteiger partial charge on any atom is -0.506 e. The standard InChI is InChI=1S/C31H28O14/c1-11-8-18-30(40)25(37)21-17(45-31(30,24(11)36)28(39)42-18)7-5-14(23(21)35)13-4-6-16-20(22(13)34)15(32)10-29(44-16,27(38)41-3)26-12(2)9-19(33)43-26/h4-7,11-12,18,24,26,34-36,40H,8-10H2,1-3H3/t11-,12+,18-,24+,26+,29-,30-,31+/m1/s1. The summed E-state index contributed by atoms with van der Waals surface area (Å²) in [6.45, 7) is 3.28. The van der Waals surface area contributed by atoms with Gasteiger partial charge in [-0.2, -0.15) is 0 Å². The van der Waals surface area contributed by atoms with Crippen molar-refractivity contribution >= 4 is 29.5 Å². The molecule has 0 unspecified atom stereocenters. The second-order valence-corrected chi connectivity index (χ2v) is 12.3. The van der Waals surface area contributed by atoms with Crippen LogP contribution in [0, 0.1) is 11.8 Å². The highest BCUT2D eigenvalue weighted by molar-refractivity contribution is 6.15. The monoisotopic (exact) mass is 624 g/mol. The molecule has 14 heteroatoms. The number of Topliss-reactive ketones (excluding diaryl/α,β-unsaturated/α-hetero) is 2. The Bertz CT molecular complexity index is 1750. The number of esters is 3. The van der Waals surface area contributed by atoms with Crippen LogP contribution in [0.2, 0.25) is 0 Å². The first-order valence-electron chi connectivity index (χ1n) is 14.3. The summed E-state index contributed by atoms with van der Waals surface area (Å²) >= 11 is 0. The van der Waals surface area contributed by atoms with E-state index < -0.39 is 99.9 Å². The first kappa shape index (κ1) is 29.0. The van der Waals surface area contributed by atoms with Crippen molar-refractivity contribution in [1.82, 2.24) is 0 Å². The van der Waals surface area contributed by atoms with E-state index in [9.17, 15) is 44.4 Å². The molecular weight excluding hydrogens is 596 g/mol. The Morgan fingerprint density at radius 2 is 1.53 bits per heavy atom. The van der Waals surface area contributed by atoms with Crippen LogP contribution < -0.4 is 9.47 Å². The summed E-state index contributed by atoms with van der Waals surface area (Å²) in [7, 11) is 1.10. The predicted octanol–water partition coefficient (Wildman–Crippen LogP) is 0.964. The first-order valence-corrected chi connectivity index (χ1v) is 14.3. The number of carbonyl (C=O) groups is 5. The summed E-state index contributed by atoms with van der Waals surface area (Å²) in [6.07, 6.45) is -4.79. The summed E-state index contributed by atoms with van der Waals surface area (Å²) in [6, 6.07) is 5.02. The van der Waals surface area contributed by atoms with Gasteiger partial charge in [0.2, 0.25) is 17.0 Å². The van der Waals surface area contributed by atoms with Crippen LogP contribution in [0.5, 0.6) is 23.0 Å². The summed E-state index contributed by atoms with van der Waals surface area (Å²) in [5, 5.41) is 45.3. The Balaban J connectivity index is 1.32. The maximum absolute atomic E-state index is 13.9. The van der Waals surface area contributed by atoms with Crippen molar-refractivity contribution in [2.24, 2.45) is 11.8 Å². The maximum atomic E-state index is 13.9. The molecule has 2 bridgehead atoms. The molecule has 8 atom stereocenters. The molecule has 0 radical (unpaired) electrons. The molecule has 4 heterocycles. The highest BCUT2D eigenvalue weighted by atomic mass is 16.6. The van der Waals surface area contributed by atoms with E-state index in [0.29, 0.717) is 0 Å². The van der Waals surface area contributed by atoms with Gasteiger partial charge in [-0.3, -0.25) is 14.4 Å². The highest BCUT2D eigenvalue weighted by Crippen LogP contribution is 2.58. The molecule has 7 rings (SSSR count). The van der Waals surface area contributed by atoms with Gasteiger partial charge in [0.15, 0.2) is 11.9 Å². The molecular formula is C31H28O14. The average molecular weight is 625 g/mol. The van der Waals surface area contributed by atoms with E-state index in [1.807, 2.05) is 0 Å². The van der Waals surface area contributed by atoms with Gasteiger partial charge in [-0.25, -0.2) is 9.59 Å². The van der Waals surface area contributed by atoms with Gasteiger partial charge in [-0.05, 0) is 36.6 Å². The normalized spacial score (nSPS) is 36.2. The minimum absolute atomic E-state index is 0.00664. The minimum atomic E-state index is -2.65. The van der Waals surface area contributed by atoms with Crippen LogP contribution in [0.25, 0.3) is 11.1 Å². The highest BCUT2D eigenvalue weighted by Gasteiger charge is 2.81. The largest absolute Gasteiger partial charge is 0.506 e. The van der Waals surface area contributed by atoms with Crippen LogP contribution in [0.1, 0.15) is 53.8 Å². The molecule has 1 aliphatic carbocycles. The van der Waals surface area contributed by atoms with Crippen molar-refractivity contribution in [1.29, 1.82) is 0 Å². The third-order valence-electron chi connectivity index (χ3n) is 9.79. The van der Waals surface area contributed by atoms with Crippen molar-refractivity contribution in [3.05, 3.63) is 35.4 Å². The summed E-state index contributed by atoms with van der Waals surface area (Å²) < 4.78 is 27.4. The fraction of sp³-hybridized carbons (Fsp3) is 0.452. The Labute approximate surface area is 254 Å². The molecule has 236 valence electrons. The number of hydrogen-bond donors (Lipinski definition) is 4. The smallest absolute Gasteiger partial charge is 0.357 e. The first-order chi connectivity index (χ1) is 21.2. The number of fused-ring (bicyclic) bond motifs is 2. The maximum Gasteiger partial charge on any atom is 0.357 e. The summed E-state index contributed by atoms with van der Waals surface area (Å²) in [4.78, 5) is 65.4. The number of methoxy groups -OCH3 is 1. The van der Waals surface area contributed by atoms with Gasteiger partial charge < -0.3 is 44.1 Å². The van der Waals surface area contributed by atoms with Crippen molar-refractivity contribution in [3.8, 4) is 34.1 Å². The molecule has 0 spiro atoms. The Morgan fingerprint density at radius 1 is 0.911 bits per heavy atom. The third-order valence-corrected chi connectivity index (χ3v) is 9.79. The van der Waals surface area contributed by atoms with Crippen LogP contribution in [0.3, 0.4) is 0 Å². The number of rotatable bonds is 3. The molecule has 0 amide bonds. The number of ether oxygens (including phenoxy) is 5. The summed E-state index contributed by atoms with van der Waals surface area (Å²) in [5.74, 6) is -7.47. The fourth-order valence-corrected chi connectivity index (χ4v) is 7.58. The number of hydrogen-bond acceptors (Lipinski definition) is 14. The lowest BCUT2D eigenvalue weighted by Crippen LogP contribution is -2.76. The average Bonchev–Trinajstić information content (AvgIpc) is 3.42. The number of aliphatic hydroxyl groups is 2. The summed E-state index contributed by atoms with van der Waals surface area (Å²) in [5.41, 5.74) is -8.22. The number of aromatic hydroxyl groups is 2. The topological polar surface area (TPSA) is 212 Å². The molecule has 2 saturated heterocycles. The zero-order valence-electron chi connectivity index (χ0n) is 24.2. The lowest BCUT2D eigenvalue weighted by Gasteiger charge is -2.49. The lowest BCUT2D eigenvalue weighted by atomic mass is 9.62. The van der Waals surface area contributed by atoms with E-state index in [-0.39, 0.29) is 41.0 Å². The molecule has 5 aliphatic rings. The van der Waals surface area contributed by atoms with E-state index in [0.717, 1.165) is 7.11 Å². The molecule has 3 fully saturated rings. The molecule has 0 aromatic heterocycles. The second kappa shape index (κ2) is 9.17. The van der Waals surface area contributed by atoms with Crippen molar-refractivity contribution in [2.75, 3.05) is 7.11 Å². The van der Waals surface area contributed by atoms with Gasteiger partial charge in [0.1, 0.15) is 46.3 Å². The van der Waals surface area contributed by atoms with Crippen LogP contribution >= 0.6 is 0 Å². The van der Waals surface area contributed by atoms with Gasteiger partial charge in [-0.1, -0.05) is 13.8 Å². The Hall–Kier alpha value is -4.69. The fourth-order valence-electron chi connectivity index (χ4n) is 7.58. The number of cyclic esters (lactones) is 1. The van der Waals surface area contributed by atoms with E-state index in [1.54, 1.807) is 13.8 Å². The van der Waals surface area contributed by atoms with Crippen molar-refractivity contribution < 1.29 is 68.1 Å². The van der Waals surface area contributed by atoms with Crippen LogP contribution in [-0.2, 0) is 28.6 Å². The number of carbonyl (C=O) groups excluding carboxylic acids is 5. The van der Waals surface area contributed by atoms with Crippen molar-refractivity contribution in [2.45, 2.75) is 68.2 Å². The van der Waals surface area contributed by atoms with E-state index in [1.165, 1.54) is 24.3 Å². The Kier molecular flexibility index (Phi) is 5.92. The molecule has 45 heavy (non-hydrogen) atoms. The quantitative estimate of drug-likeness (QED) is 0.277. The molecule has 1 saturated carbocycles. The van der Waals surface area contributed by atoms with E-state index in [4.69, 9.17) is 23.7 Å². The third kappa shape index (κ3) is 3.38. The molecule has 2 aromatic carbocycles. The van der Waals surface area contributed by atoms with Gasteiger partial charge in [-0.15, -0.1) is 0 Å². The predicted molar refractivity (Wildman–Crippen MR) is 145 cm³/mol. The number of aliphatic hydroxyl groups excluding tert-OH is 1. The molecule has 4 aliphatic heterocycles. The van der Waals surface area contributed by atoms with Crippen LogP contribution in [0.15, 0.2) is 24.3 Å². The molecule has 2 aromatic rings. The van der Waals surface area contributed by atoms with E-state index in [2.05, 4.69) is 0 Å².